The average molecular weight is 283 g/mol. The first kappa shape index (κ1) is 17.7. The van der Waals surface area contributed by atoms with E-state index >= 15 is 0 Å². The predicted octanol–water partition coefficient (Wildman–Crippen LogP) is 2.87. The zero-order chi connectivity index (χ0) is 14.9. The van der Waals surface area contributed by atoms with E-state index in [-0.39, 0.29) is 6.42 Å². The number of hydrogen-bond donors (Lipinski definition) is 2. The van der Waals surface area contributed by atoms with Gasteiger partial charge in [-0.15, -0.1) is 0 Å². The Morgan fingerprint density at radius 3 is 2.21 bits per heavy atom. The minimum absolute atomic E-state index is 0.00405. The van der Waals surface area contributed by atoms with Crippen molar-refractivity contribution in [2.75, 3.05) is 0 Å². The molecule has 0 aromatic carbocycles. The Hall–Kier alpha value is -1.27. The summed E-state index contributed by atoms with van der Waals surface area (Å²) in [5.41, 5.74) is 0. The van der Waals surface area contributed by atoms with Crippen molar-refractivity contribution < 1.29 is 27.9 Å². The lowest BCUT2D eigenvalue weighted by Crippen LogP contribution is -2.46. The van der Waals surface area contributed by atoms with Crippen molar-refractivity contribution in [3.8, 4) is 0 Å². The van der Waals surface area contributed by atoms with Gasteiger partial charge >= 0.3 is 12.1 Å². The summed E-state index contributed by atoms with van der Waals surface area (Å²) < 4.78 is 37.4. The van der Waals surface area contributed by atoms with Gasteiger partial charge in [-0.3, -0.25) is 9.59 Å². The Morgan fingerprint density at radius 1 is 1.16 bits per heavy atom. The molecular formula is C12H20F3NO3. The van der Waals surface area contributed by atoms with Gasteiger partial charge in [0.05, 0.1) is 6.42 Å². The van der Waals surface area contributed by atoms with Gasteiger partial charge < -0.3 is 10.4 Å². The molecule has 0 aliphatic heterocycles. The van der Waals surface area contributed by atoms with Crippen LogP contribution in [-0.2, 0) is 9.59 Å². The zero-order valence-corrected chi connectivity index (χ0v) is 10.9. The molecule has 0 saturated carbocycles. The third-order valence-electron chi connectivity index (χ3n) is 2.62. The Balaban J connectivity index is 4.07. The number of hydrogen-bond acceptors (Lipinski definition) is 2. The van der Waals surface area contributed by atoms with E-state index < -0.39 is 30.5 Å². The van der Waals surface area contributed by atoms with Crippen molar-refractivity contribution in [2.45, 2.75) is 64.1 Å². The molecule has 0 heterocycles. The number of unbranched alkanes of at least 4 members (excludes halogenated alkanes) is 4. The van der Waals surface area contributed by atoms with Crippen molar-refractivity contribution in [2.24, 2.45) is 0 Å². The fourth-order valence-electron chi connectivity index (χ4n) is 1.58. The number of carboxylic acid groups (broad SMARTS) is 1. The fraction of sp³-hybridized carbons (Fsp3) is 0.833. The number of aliphatic carboxylic acids is 1. The van der Waals surface area contributed by atoms with Crippen LogP contribution in [0.25, 0.3) is 0 Å². The van der Waals surface area contributed by atoms with Crippen molar-refractivity contribution >= 4 is 11.9 Å². The molecule has 1 amide bonds. The van der Waals surface area contributed by atoms with Gasteiger partial charge in [0.2, 0.25) is 5.91 Å². The van der Waals surface area contributed by atoms with Crippen molar-refractivity contribution in [1.29, 1.82) is 0 Å². The minimum atomic E-state index is -4.74. The van der Waals surface area contributed by atoms with Crippen molar-refractivity contribution in [1.82, 2.24) is 5.32 Å². The van der Waals surface area contributed by atoms with E-state index in [0.29, 0.717) is 6.42 Å². The van der Waals surface area contributed by atoms with Crippen LogP contribution >= 0.6 is 0 Å². The minimum Gasteiger partial charge on any atom is -0.481 e. The molecule has 0 bridgehead atoms. The molecule has 0 rings (SSSR count). The standard InChI is InChI=1S/C12H20F3NO3/c1-2-3-4-5-6-7-10(17)16-9(8-11(18)19)12(13,14)15/h9H,2-8H2,1H3,(H,16,17)(H,18,19)/t9-/m0/s1. The first-order valence-electron chi connectivity index (χ1n) is 6.35. The third-order valence-corrected chi connectivity index (χ3v) is 2.62. The summed E-state index contributed by atoms with van der Waals surface area (Å²) in [5, 5.41) is 10.1. The lowest BCUT2D eigenvalue weighted by Gasteiger charge is -2.19. The zero-order valence-electron chi connectivity index (χ0n) is 10.9. The molecule has 2 N–H and O–H groups in total. The fourth-order valence-corrected chi connectivity index (χ4v) is 1.58. The van der Waals surface area contributed by atoms with Crippen molar-refractivity contribution in [3.05, 3.63) is 0 Å². The molecule has 0 aliphatic rings. The van der Waals surface area contributed by atoms with Crippen LogP contribution in [0.15, 0.2) is 0 Å². The lowest BCUT2D eigenvalue weighted by atomic mass is 10.1. The first-order chi connectivity index (χ1) is 8.77. The van der Waals surface area contributed by atoms with E-state index in [9.17, 15) is 22.8 Å². The molecule has 0 aromatic rings. The Morgan fingerprint density at radius 2 is 1.74 bits per heavy atom. The Bertz CT molecular complexity index is 292. The summed E-state index contributed by atoms with van der Waals surface area (Å²) >= 11 is 0. The Labute approximate surface area is 110 Å². The molecule has 0 aliphatic carbocycles. The monoisotopic (exact) mass is 283 g/mol. The molecule has 7 heteroatoms. The highest BCUT2D eigenvalue weighted by molar-refractivity contribution is 5.77. The number of nitrogens with one attached hydrogen (secondary N) is 1. The summed E-state index contributed by atoms with van der Waals surface area (Å²) in [6.07, 6.45) is -1.56. The van der Waals surface area contributed by atoms with Crippen LogP contribution in [0.5, 0.6) is 0 Å². The summed E-state index contributed by atoms with van der Waals surface area (Å²) in [5.74, 6) is -2.34. The van der Waals surface area contributed by atoms with E-state index in [0.717, 1.165) is 25.7 Å². The molecule has 0 unspecified atom stereocenters. The Kier molecular flexibility index (Phi) is 8.18. The number of alkyl halides is 3. The van der Waals surface area contributed by atoms with Gasteiger partial charge in [0.15, 0.2) is 0 Å². The average Bonchev–Trinajstić information content (AvgIpc) is 2.26. The number of carboxylic acids is 1. The van der Waals surface area contributed by atoms with Crippen LogP contribution < -0.4 is 5.32 Å². The molecule has 0 saturated heterocycles. The number of amides is 1. The van der Waals surface area contributed by atoms with Crippen LogP contribution in [0.1, 0.15) is 51.9 Å². The lowest BCUT2D eigenvalue weighted by molar-refractivity contribution is -0.170. The van der Waals surface area contributed by atoms with Gasteiger partial charge in [0, 0.05) is 6.42 Å². The molecular weight excluding hydrogens is 263 g/mol. The molecule has 0 fully saturated rings. The molecule has 112 valence electrons. The smallest absolute Gasteiger partial charge is 0.409 e. The quantitative estimate of drug-likeness (QED) is 0.639. The highest BCUT2D eigenvalue weighted by Gasteiger charge is 2.41. The summed E-state index contributed by atoms with van der Waals surface area (Å²) in [6.45, 7) is 2.03. The maximum atomic E-state index is 12.5. The van der Waals surface area contributed by atoms with Crippen molar-refractivity contribution in [3.63, 3.8) is 0 Å². The molecule has 0 radical (unpaired) electrons. The number of halogens is 3. The van der Waals surface area contributed by atoms with Gasteiger partial charge in [0.1, 0.15) is 6.04 Å². The van der Waals surface area contributed by atoms with Crippen LogP contribution in [0, 0.1) is 0 Å². The maximum Gasteiger partial charge on any atom is 0.409 e. The molecule has 19 heavy (non-hydrogen) atoms. The highest BCUT2D eigenvalue weighted by Crippen LogP contribution is 2.22. The van der Waals surface area contributed by atoms with Crippen LogP contribution in [0.4, 0.5) is 13.2 Å². The molecule has 0 aromatic heterocycles. The number of carbonyl (C=O) groups is 2. The van der Waals surface area contributed by atoms with E-state index in [1.165, 1.54) is 0 Å². The number of carbonyl (C=O) groups excluding carboxylic acids is 1. The number of rotatable bonds is 9. The second-order valence-corrected chi connectivity index (χ2v) is 4.42. The second kappa shape index (κ2) is 8.77. The largest absolute Gasteiger partial charge is 0.481 e. The molecule has 0 spiro atoms. The van der Waals surface area contributed by atoms with Gasteiger partial charge in [-0.25, -0.2) is 0 Å². The van der Waals surface area contributed by atoms with E-state index in [2.05, 4.69) is 0 Å². The van der Waals surface area contributed by atoms with Crippen LogP contribution in [0.3, 0.4) is 0 Å². The molecule has 4 nitrogen and oxygen atoms in total. The van der Waals surface area contributed by atoms with Gasteiger partial charge in [0.25, 0.3) is 0 Å². The van der Waals surface area contributed by atoms with Crippen LogP contribution in [0.2, 0.25) is 0 Å². The van der Waals surface area contributed by atoms with E-state index in [1.807, 2.05) is 6.92 Å². The third kappa shape index (κ3) is 9.32. The molecule has 1 atom stereocenters. The summed E-state index contributed by atoms with van der Waals surface area (Å²) in [6, 6.07) is -2.31. The van der Waals surface area contributed by atoms with E-state index in [4.69, 9.17) is 5.11 Å². The van der Waals surface area contributed by atoms with Gasteiger partial charge in [-0.1, -0.05) is 32.6 Å². The second-order valence-electron chi connectivity index (χ2n) is 4.42. The first-order valence-corrected chi connectivity index (χ1v) is 6.35. The highest BCUT2D eigenvalue weighted by atomic mass is 19.4. The predicted molar refractivity (Wildman–Crippen MR) is 63.6 cm³/mol. The van der Waals surface area contributed by atoms with Gasteiger partial charge in [-0.2, -0.15) is 13.2 Å². The van der Waals surface area contributed by atoms with Gasteiger partial charge in [-0.05, 0) is 6.42 Å². The SMILES string of the molecule is CCCCCCCC(=O)N[C@@H](CC(=O)O)C(F)(F)F. The maximum absolute atomic E-state index is 12.5. The normalized spacial score (nSPS) is 13.1. The topological polar surface area (TPSA) is 66.4 Å². The summed E-state index contributed by atoms with van der Waals surface area (Å²) in [7, 11) is 0. The van der Waals surface area contributed by atoms with E-state index in [1.54, 1.807) is 5.32 Å². The van der Waals surface area contributed by atoms with Crippen LogP contribution in [-0.4, -0.2) is 29.2 Å². The summed E-state index contributed by atoms with van der Waals surface area (Å²) in [4.78, 5) is 21.6.